The van der Waals surface area contributed by atoms with Gasteiger partial charge in [0.25, 0.3) is 11.5 Å². The summed E-state index contributed by atoms with van der Waals surface area (Å²) in [6.45, 7) is 4.59. The normalized spacial score (nSPS) is 11.9. The van der Waals surface area contributed by atoms with Crippen molar-refractivity contribution in [2.45, 2.75) is 39.2 Å². The number of rotatable bonds is 9. The van der Waals surface area contributed by atoms with E-state index >= 15 is 0 Å². The molecule has 0 saturated carbocycles. The van der Waals surface area contributed by atoms with Crippen LogP contribution in [-0.4, -0.2) is 34.0 Å². The van der Waals surface area contributed by atoms with Gasteiger partial charge in [0.05, 0.1) is 29.7 Å². The van der Waals surface area contributed by atoms with E-state index in [0.29, 0.717) is 45.3 Å². The van der Waals surface area contributed by atoms with Gasteiger partial charge in [0.1, 0.15) is 11.6 Å². The summed E-state index contributed by atoms with van der Waals surface area (Å²) in [6, 6.07) is 21.0. The second kappa shape index (κ2) is 11.4. The van der Waals surface area contributed by atoms with Gasteiger partial charge in [-0.2, -0.15) is 0 Å². The molecule has 3 aromatic carbocycles. The third-order valence-corrected chi connectivity index (χ3v) is 6.56. The number of benzene rings is 3. The van der Waals surface area contributed by atoms with Gasteiger partial charge in [0.2, 0.25) is 0 Å². The summed E-state index contributed by atoms with van der Waals surface area (Å²) < 4.78 is 6.93. The number of fused-ring (bicyclic) bond motifs is 1. The number of amides is 1. The Morgan fingerprint density at radius 1 is 1.06 bits per heavy atom. The van der Waals surface area contributed by atoms with E-state index in [1.54, 1.807) is 65.1 Å². The fourth-order valence-electron chi connectivity index (χ4n) is 4.33. The smallest absolute Gasteiger partial charge is 0.266 e. The van der Waals surface area contributed by atoms with Crippen molar-refractivity contribution in [1.29, 1.82) is 0 Å². The second-order valence-corrected chi connectivity index (χ2v) is 9.15. The van der Waals surface area contributed by atoms with E-state index in [-0.39, 0.29) is 11.5 Å². The van der Waals surface area contributed by atoms with Crippen LogP contribution in [0.4, 0.5) is 0 Å². The first kappa shape index (κ1) is 25.5. The summed E-state index contributed by atoms with van der Waals surface area (Å²) >= 11 is 6.13. The van der Waals surface area contributed by atoms with E-state index in [9.17, 15) is 9.59 Å². The van der Waals surface area contributed by atoms with Crippen molar-refractivity contribution in [3.05, 3.63) is 99.6 Å². The van der Waals surface area contributed by atoms with Crippen molar-refractivity contribution in [3.8, 4) is 11.4 Å². The summed E-state index contributed by atoms with van der Waals surface area (Å²) in [5.41, 5.74) is 1.58. The summed E-state index contributed by atoms with van der Waals surface area (Å²) in [5, 5.41) is 1.09. The topological polar surface area (TPSA) is 64.4 Å². The molecule has 4 aromatic rings. The van der Waals surface area contributed by atoms with Gasteiger partial charge in [0.15, 0.2) is 0 Å². The number of methoxy groups -OCH3 is 1. The van der Waals surface area contributed by atoms with E-state index in [4.69, 9.17) is 21.3 Å². The molecule has 0 aliphatic heterocycles. The van der Waals surface area contributed by atoms with Gasteiger partial charge >= 0.3 is 0 Å². The number of para-hydroxylation sites is 1. The first-order valence-corrected chi connectivity index (χ1v) is 12.5. The molecule has 1 unspecified atom stereocenters. The summed E-state index contributed by atoms with van der Waals surface area (Å²) in [6.07, 6.45) is 2.86. The molecule has 1 atom stereocenters. The molecule has 4 rings (SSSR count). The minimum Gasteiger partial charge on any atom is -0.497 e. The number of halogens is 1. The number of unbranched alkanes of at least 4 members (excludes halogenated alkanes) is 2. The largest absolute Gasteiger partial charge is 0.497 e. The average molecular weight is 504 g/mol. The Morgan fingerprint density at radius 3 is 2.53 bits per heavy atom. The maximum Gasteiger partial charge on any atom is 0.266 e. The average Bonchev–Trinajstić information content (AvgIpc) is 2.91. The Balaban J connectivity index is 1.87. The number of carbonyl (C=O) groups excluding carboxylic acids is 1. The Labute approximate surface area is 216 Å². The van der Waals surface area contributed by atoms with E-state index in [1.807, 2.05) is 31.2 Å². The van der Waals surface area contributed by atoms with Gasteiger partial charge < -0.3 is 9.64 Å². The molecular formula is C29H30ClN3O3. The van der Waals surface area contributed by atoms with Gasteiger partial charge in [-0.1, -0.05) is 49.6 Å². The third kappa shape index (κ3) is 5.29. The van der Waals surface area contributed by atoms with Crippen LogP contribution in [0.25, 0.3) is 16.6 Å². The third-order valence-electron chi connectivity index (χ3n) is 6.31. The molecule has 0 fully saturated rings. The molecule has 186 valence electrons. The zero-order valence-electron chi connectivity index (χ0n) is 20.8. The Kier molecular flexibility index (Phi) is 8.06. The van der Waals surface area contributed by atoms with E-state index in [1.165, 1.54) is 0 Å². The molecule has 36 heavy (non-hydrogen) atoms. The molecule has 6 nitrogen and oxygen atoms in total. The van der Waals surface area contributed by atoms with Crippen LogP contribution < -0.4 is 10.3 Å². The minimum absolute atomic E-state index is 0.137. The lowest BCUT2D eigenvalue weighted by Crippen LogP contribution is -2.38. The quantitative estimate of drug-likeness (QED) is 0.246. The van der Waals surface area contributed by atoms with Crippen molar-refractivity contribution in [2.24, 2.45) is 0 Å². The van der Waals surface area contributed by atoms with Crippen molar-refractivity contribution >= 4 is 28.4 Å². The van der Waals surface area contributed by atoms with E-state index < -0.39 is 6.04 Å². The van der Waals surface area contributed by atoms with Crippen molar-refractivity contribution in [3.63, 3.8) is 0 Å². The first-order valence-electron chi connectivity index (χ1n) is 12.2. The van der Waals surface area contributed by atoms with Crippen molar-refractivity contribution in [2.75, 3.05) is 13.7 Å². The van der Waals surface area contributed by atoms with Crippen LogP contribution in [0, 0.1) is 0 Å². The number of nitrogens with zero attached hydrogens (tertiary/aromatic N) is 3. The van der Waals surface area contributed by atoms with Gasteiger partial charge in [0, 0.05) is 17.1 Å². The highest BCUT2D eigenvalue weighted by molar-refractivity contribution is 6.30. The summed E-state index contributed by atoms with van der Waals surface area (Å²) in [7, 11) is 1.58. The second-order valence-electron chi connectivity index (χ2n) is 8.72. The molecule has 0 saturated heterocycles. The summed E-state index contributed by atoms with van der Waals surface area (Å²) in [5.74, 6) is 0.972. The molecule has 1 amide bonds. The molecule has 0 spiro atoms. The van der Waals surface area contributed by atoms with Gasteiger partial charge in [-0.3, -0.25) is 14.2 Å². The molecular weight excluding hydrogens is 474 g/mol. The van der Waals surface area contributed by atoms with Crippen LogP contribution in [0.2, 0.25) is 5.02 Å². The predicted octanol–water partition coefficient (Wildman–Crippen LogP) is 6.44. The van der Waals surface area contributed by atoms with E-state index in [0.717, 1.165) is 19.3 Å². The Morgan fingerprint density at radius 2 is 1.81 bits per heavy atom. The van der Waals surface area contributed by atoms with Crippen LogP contribution in [0.5, 0.6) is 5.75 Å². The van der Waals surface area contributed by atoms with Crippen LogP contribution in [-0.2, 0) is 0 Å². The molecule has 1 aromatic heterocycles. The maximum atomic E-state index is 13.8. The number of ether oxygens (including phenoxy) is 1. The Hall–Kier alpha value is -3.64. The highest BCUT2D eigenvalue weighted by Crippen LogP contribution is 2.26. The fraction of sp³-hybridized carbons (Fsp3) is 0.276. The number of aromatic nitrogens is 2. The SMILES string of the molecule is CCCCCN(C(=O)c1cccc(OC)c1)C(C)c1nc2ccccc2c(=O)n1-c1ccc(Cl)cc1. The van der Waals surface area contributed by atoms with Crippen LogP contribution in [0.3, 0.4) is 0 Å². The minimum atomic E-state index is -0.478. The lowest BCUT2D eigenvalue weighted by molar-refractivity contribution is 0.0677. The lowest BCUT2D eigenvalue weighted by Gasteiger charge is -2.31. The van der Waals surface area contributed by atoms with Gasteiger partial charge in [-0.05, 0) is 67.9 Å². The standard InChI is InChI=1S/C29H30ClN3O3/c1-4-5-8-18-32(28(34)21-10-9-11-24(19-21)36-3)20(2)27-31-26-13-7-6-12-25(26)29(35)33(27)23-16-14-22(30)15-17-23/h6-7,9-17,19-20H,4-5,8,18H2,1-3H3. The highest BCUT2D eigenvalue weighted by Gasteiger charge is 2.27. The molecule has 0 bridgehead atoms. The number of hydrogen-bond acceptors (Lipinski definition) is 4. The molecule has 0 radical (unpaired) electrons. The highest BCUT2D eigenvalue weighted by atomic mass is 35.5. The Bertz CT molecular complexity index is 1420. The number of hydrogen-bond donors (Lipinski definition) is 0. The predicted molar refractivity (Wildman–Crippen MR) is 144 cm³/mol. The monoisotopic (exact) mass is 503 g/mol. The molecule has 0 N–H and O–H groups in total. The zero-order chi connectivity index (χ0) is 25.7. The molecule has 1 heterocycles. The fourth-order valence-corrected chi connectivity index (χ4v) is 4.46. The lowest BCUT2D eigenvalue weighted by atomic mass is 10.1. The molecule has 0 aliphatic rings. The van der Waals surface area contributed by atoms with Gasteiger partial charge in [-0.15, -0.1) is 0 Å². The zero-order valence-corrected chi connectivity index (χ0v) is 21.5. The molecule has 0 aliphatic carbocycles. The van der Waals surface area contributed by atoms with Crippen molar-refractivity contribution < 1.29 is 9.53 Å². The number of carbonyl (C=O) groups is 1. The molecule has 7 heteroatoms. The summed E-state index contributed by atoms with van der Waals surface area (Å²) in [4.78, 5) is 34.2. The van der Waals surface area contributed by atoms with Gasteiger partial charge in [-0.25, -0.2) is 4.98 Å². The maximum absolute atomic E-state index is 13.8. The van der Waals surface area contributed by atoms with Crippen LogP contribution >= 0.6 is 11.6 Å². The van der Waals surface area contributed by atoms with Crippen LogP contribution in [0.15, 0.2) is 77.6 Å². The van der Waals surface area contributed by atoms with E-state index in [2.05, 4.69) is 6.92 Å². The van der Waals surface area contributed by atoms with Crippen LogP contribution in [0.1, 0.15) is 55.3 Å². The van der Waals surface area contributed by atoms with Crippen molar-refractivity contribution in [1.82, 2.24) is 14.5 Å². The first-order chi connectivity index (χ1) is 17.4.